The highest BCUT2D eigenvalue weighted by Crippen LogP contribution is 2.07. The highest BCUT2D eigenvalue weighted by Gasteiger charge is 2.12. The first kappa shape index (κ1) is 17.8. The van der Waals surface area contributed by atoms with Crippen molar-refractivity contribution in [3.8, 4) is 0 Å². The maximum Gasteiger partial charge on any atom is 0.331 e. The molecule has 1 aliphatic heterocycles. The Morgan fingerprint density at radius 2 is 1.09 bits per heavy atom. The Bertz CT molecular complexity index is 457. The minimum Gasteiger partial charge on any atom is -0.459 e. The van der Waals surface area contributed by atoms with Gasteiger partial charge < -0.3 is 9.47 Å². The molecule has 0 saturated carbocycles. The van der Waals surface area contributed by atoms with E-state index in [1.807, 2.05) is 0 Å². The van der Waals surface area contributed by atoms with Gasteiger partial charge in [0, 0.05) is 25.0 Å². The molecule has 1 heterocycles. The summed E-state index contributed by atoms with van der Waals surface area (Å²) < 4.78 is 10.1. The molecule has 0 aromatic rings. The van der Waals surface area contributed by atoms with Crippen LogP contribution >= 0.6 is 0 Å². The topological polar surface area (TPSA) is 86.7 Å². The molecular weight excluding hydrogens is 288 g/mol. The van der Waals surface area contributed by atoms with Gasteiger partial charge in [-0.15, -0.1) is 0 Å². The number of carbonyl (C=O) groups is 4. The van der Waals surface area contributed by atoms with Gasteiger partial charge in [-0.3, -0.25) is 9.59 Å². The summed E-state index contributed by atoms with van der Waals surface area (Å²) in [5.74, 6) is -1.72. The summed E-state index contributed by atoms with van der Waals surface area (Å²) in [6.07, 6.45) is 4.51. The monoisotopic (exact) mass is 308 g/mol. The molecule has 0 bridgehead atoms. The molecular formula is C16H20O6. The molecule has 0 fully saturated rings. The quantitative estimate of drug-likeness (QED) is 0.633. The number of hydrogen-bond acceptors (Lipinski definition) is 6. The van der Waals surface area contributed by atoms with Gasteiger partial charge in [0.25, 0.3) is 0 Å². The molecule has 0 aromatic carbocycles. The van der Waals surface area contributed by atoms with Crippen LogP contribution in [0.15, 0.2) is 24.3 Å². The number of ether oxygens (including phenoxy) is 2. The van der Waals surface area contributed by atoms with Gasteiger partial charge in [0.15, 0.2) is 11.6 Å². The number of hydrogen-bond donors (Lipinski definition) is 0. The van der Waals surface area contributed by atoms with Gasteiger partial charge in [-0.05, 0) is 38.8 Å². The molecule has 22 heavy (non-hydrogen) atoms. The minimum absolute atomic E-state index is 0.149. The van der Waals surface area contributed by atoms with Crippen molar-refractivity contribution in [2.45, 2.75) is 51.7 Å². The van der Waals surface area contributed by atoms with Crippen LogP contribution in [0.25, 0.3) is 0 Å². The van der Waals surface area contributed by atoms with E-state index >= 15 is 0 Å². The first-order chi connectivity index (χ1) is 10.4. The van der Waals surface area contributed by atoms with Crippen molar-refractivity contribution in [1.29, 1.82) is 0 Å². The summed E-state index contributed by atoms with van der Waals surface area (Å²) in [5, 5.41) is 0. The average molecular weight is 308 g/mol. The zero-order chi connectivity index (χ0) is 16.5. The number of allylic oxidation sites excluding steroid dienone is 2. The number of cyclic esters (lactones) is 2. The summed E-state index contributed by atoms with van der Waals surface area (Å²) in [6, 6.07) is 0. The first-order valence-electron chi connectivity index (χ1n) is 7.20. The fourth-order valence-electron chi connectivity index (χ4n) is 1.77. The van der Waals surface area contributed by atoms with Gasteiger partial charge in [-0.1, -0.05) is 0 Å². The summed E-state index contributed by atoms with van der Waals surface area (Å²) in [6.45, 7) is 3.31. The molecule has 0 radical (unpaired) electrons. The van der Waals surface area contributed by atoms with E-state index in [1.54, 1.807) is 13.8 Å². The highest BCUT2D eigenvalue weighted by molar-refractivity contribution is 5.96. The average Bonchev–Trinajstić information content (AvgIpc) is 2.46. The molecule has 0 spiro atoms. The second-order valence-corrected chi connectivity index (χ2v) is 5.17. The largest absolute Gasteiger partial charge is 0.459 e. The number of rotatable bonds is 0. The van der Waals surface area contributed by atoms with E-state index in [0.29, 0.717) is 12.8 Å². The zero-order valence-electron chi connectivity index (χ0n) is 12.7. The molecule has 120 valence electrons. The molecule has 6 heteroatoms. The molecule has 0 amide bonds. The van der Waals surface area contributed by atoms with E-state index in [1.165, 1.54) is 0 Å². The molecule has 6 nitrogen and oxygen atoms in total. The Morgan fingerprint density at radius 3 is 1.45 bits per heavy atom. The normalized spacial score (nSPS) is 27.2. The van der Waals surface area contributed by atoms with Crippen molar-refractivity contribution >= 4 is 23.5 Å². The van der Waals surface area contributed by atoms with Crippen LogP contribution in [0.4, 0.5) is 0 Å². The van der Waals surface area contributed by atoms with Crippen molar-refractivity contribution < 1.29 is 28.7 Å². The van der Waals surface area contributed by atoms with Crippen molar-refractivity contribution in [1.82, 2.24) is 0 Å². The molecule has 1 rings (SSSR count). The lowest BCUT2D eigenvalue weighted by atomic mass is 10.1. The van der Waals surface area contributed by atoms with E-state index in [4.69, 9.17) is 9.47 Å². The third kappa shape index (κ3) is 7.52. The Hall–Kier alpha value is -2.24. The summed E-state index contributed by atoms with van der Waals surface area (Å²) in [4.78, 5) is 46.1. The molecule has 0 aliphatic carbocycles. The van der Waals surface area contributed by atoms with Crippen LogP contribution in [0.1, 0.15) is 39.5 Å². The molecule has 0 saturated heterocycles. The van der Waals surface area contributed by atoms with Gasteiger partial charge in [0.2, 0.25) is 0 Å². The molecule has 2 atom stereocenters. The first-order valence-corrected chi connectivity index (χ1v) is 7.20. The predicted octanol–water partition coefficient (Wildman–Crippen LogP) is 1.67. The van der Waals surface area contributed by atoms with Crippen LogP contribution in [0.3, 0.4) is 0 Å². The van der Waals surface area contributed by atoms with E-state index < -0.39 is 24.1 Å². The van der Waals surface area contributed by atoms with E-state index in [2.05, 4.69) is 0 Å². The highest BCUT2D eigenvalue weighted by atomic mass is 16.5. The van der Waals surface area contributed by atoms with Crippen LogP contribution in [0, 0.1) is 0 Å². The number of ketones is 2. The van der Waals surface area contributed by atoms with Gasteiger partial charge in [-0.2, -0.15) is 0 Å². The standard InChI is InChI=1S/C16H20O6/c1-11-3-5-13(17)8-10-16(20)22-12(2)4-6-14(18)7-9-15(19)21-11/h7-12H,3-6H2,1-2H3/b9-7+,10-8?/t11-,12-/m1/s1. The maximum atomic E-state index is 11.6. The van der Waals surface area contributed by atoms with E-state index in [0.717, 1.165) is 24.3 Å². The smallest absolute Gasteiger partial charge is 0.331 e. The minimum atomic E-state index is -0.615. The fraction of sp³-hybridized carbons (Fsp3) is 0.500. The van der Waals surface area contributed by atoms with Crippen molar-refractivity contribution in [2.24, 2.45) is 0 Å². The maximum absolute atomic E-state index is 11.6. The SMILES string of the molecule is C[C@@H]1CCC(=O)/C=C/C(=O)O[C@H](C)CCC(=O)C=CC(=O)O1. The summed E-state index contributed by atoms with van der Waals surface area (Å²) in [5.41, 5.74) is 0. The van der Waals surface area contributed by atoms with Crippen LogP contribution in [0.2, 0.25) is 0 Å². The van der Waals surface area contributed by atoms with Crippen molar-refractivity contribution in [3.63, 3.8) is 0 Å². The lowest BCUT2D eigenvalue weighted by Gasteiger charge is -2.12. The lowest BCUT2D eigenvalue weighted by Crippen LogP contribution is -2.16. The Labute approximate surface area is 129 Å². The van der Waals surface area contributed by atoms with Gasteiger partial charge in [-0.25, -0.2) is 9.59 Å². The third-order valence-electron chi connectivity index (χ3n) is 3.04. The Balaban J connectivity index is 2.75. The fourth-order valence-corrected chi connectivity index (χ4v) is 1.77. The second kappa shape index (κ2) is 8.92. The zero-order valence-corrected chi connectivity index (χ0v) is 12.7. The van der Waals surface area contributed by atoms with E-state index in [-0.39, 0.29) is 24.4 Å². The van der Waals surface area contributed by atoms with Crippen LogP contribution < -0.4 is 0 Å². The molecule has 0 aromatic heterocycles. The van der Waals surface area contributed by atoms with Gasteiger partial charge in [0.1, 0.15) is 0 Å². The number of esters is 2. The van der Waals surface area contributed by atoms with Crippen molar-refractivity contribution in [3.05, 3.63) is 24.3 Å². The second-order valence-electron chi connectivity index (χ2n) is 5.17. The van der Waals surface area contributed by atoms with E-state index in [9.17, 15) is 19.2 Å². The van der Waals surface area contributed by atoms with Crippen LogP contribution in [-0.4, -0.2) is 35.7 Å². The van der Waals surface area contributed by atoms with Crippen molar-refractivity contribution in [2.75, 3.05) is 0 Å². The van der Waals surface area contributed by atoms with Crippen LogP contribution in [-0.2, 0) is 28.7 Å². The molecule has 0 N–H and O–H groups in total. The van der Waals surface area contributed by atoms with Crippen LogP contribution in [0.5, 0.6) is 0 Å². The molecule has 0 unspecified atom stereocenters. The Kier molecular flexibility index (Phi) is 7.22. The van der Waals surface area contributed by atoms with Gasteiger partial charge >= 0.3 is 11.9 Å². The number of carbonyl (C=O) groups excluding carboxylic acids is 4. The molecule has 1 aliphatic rings. The lowest BCUT2D eigenvalue weighted by molar-refractivity contribution is -0.143. The third-order valence-corrected chi connectivity index (χ3v) is 3.04. The summed E-state index contributed by atoms with van der Waals surface area (Å²) in [7, 11) is 0. The van der Waals surface area contributed by atoms with Gasteiger partial charge in [0.05, 0.1) is 12.2 Å². The Morgan fingerprint density at radius 1 is 0.727 bits per heavy atom. The predicted molar refractivity (Wildman–Crippen MR) is 77.9 cm³/mol. The summed E-state index contributed by atoms with van der Waals surface area (Å²) >= 11 is 0.